The van der Waals surface area contributed by atoms with Gasteiger partial charge in [-0.2, -0.15) is 0 Å². The third-order valence-electron chi connectivity index (χ3n) is 4.19. The lowest BCUT2D eigenvalue weighted by molar-refractivity contribution is 0.275. The molecule has 0 bridgehead atoms. The van der Waals surface area contributed by atoms with Crippen molar-refractivity contribution in [1.82, 2.24) is 10.2 Å². The van der Waals surface area contributed by atoms with Crippen LogP contribution in [0.1, 0.15) is 31.2 Å². The van der Waals surface area contributed by atoms with Gasteiger partial charge in [0.05, 0.1) is 0 Å². The van der Waals surface area contributed by atoms with Crippen molar-refractivity contribution in [3.63, 3.8) is 0 Å². The average molecular weight is 230 g/mol. The quantitative estimate of drug-likeness (QED) is 0.838. The molecular weight excluding hydrogens is 208 g/mol. The molecule has 17 heavy (non-hydrogen) atoms. The molecule has 1 heterocycles. The second-order valence-electron chi connectivity index (χ2n) is 5.50. The molecule has 1 saturated carbocycles. The van der Waals surface area contributed by atoms with E-state index in [0.29, 0.717) is 6.04 Å². The molecule has 92 valence electrons. The maximum Gasteiger partial charge on any atom is 0.0171 e. The standard InChI is InChI=1S/C15H22N2/c1-12-7-9-17(10-8-16-12)15-11-14(15)13-5-3-2-4-6-13/h2-6,12,14-16H,7-11H2,1H3. The molecule has 2 aliphatic rings. The van der Waals surface area contributed by atoms with E-state index in [1.165, 1.54) is 31.5 Å². The molecule has 1 aromatic rings. The van der Waals surface area contributed by atoms with Crippen molar-refractivity contribution in [3.05, 3.63) is 35.9 Å². The smallest absolute Gasteiger partial charge is 0.0171 e. The lowest BCUT2D eigenvalue weighted by Gasteiger charge is -2.19. The van der Waals surface area contributed by atoms with Crippen molar-refractivity contribution in [3.8, 4) is 0 Å². The van der Waals surface area contributed by atoms with Crippen LogP contribution < -0.4 is 5.32 Å². The van der Waals surface area contributed by atoms with Crippen molar-refractivity contribution >= 4 is 0 Å². The average Bonchev–Trinajstić information content (AvgIpc) is 3.14. The van der Waals surface area contributed by atoms with Gasteiger partial charge in [0.2, 0.25) is 0 Å². The SMILES string of the molecule is CC1CCN(C2CC2c2ccccc2)CCN1. The number of hydrogen-bond donors (Lipinski definition) is 1. The summed E-state index contributed by atoms with van der Waals surface area (Å²) in [5.74, 6) is 0.796. The predicted octanol–water partition coefficient (Wildman–Crippen LogP) is 2.23. The molecule has 2 heteroatoms. The number of rotatable bonds is 2. The highest BCUT2D eigenvalue weighted by atomic mass is 15.2. The Balaban J connectivity index is 1.61. The molecule has 0 aromatic heterocycles. The van der Waals surface area contributed by atoms with Gasteiger partial charge in [-0.3, -0.25) is 4.90 Å². The summed E-state index contributed by atoms with van der Waals surface area (Å²) >= 11 is 0. The first-order valence-electron chi connectivity index (χ1n) is 6.87. The summed E-state index contributed by atoms with van der Waals surface area (Å²) in [4.78, 5) is 2.69. The molecule has 1 saturated heterocycles. The highest BCUT2D eigenvalue weighted by molar-refractivity contribution is 5.27. The molecule has 0 spiro atoms. The van der Waals surface area contributed by atoms with Crippen LogP contribution >= 0.6 is 0 Å². The molecule has 0 amide bonds. The number of nitrogens with zero attached hydrogens (tertiary/aromatic N) is 1. The van der Waals surface area contributed by atoms with E-state index in [9.17, 15) is 0 Å². The first kappa shape index (κ1) is 11.2. The van der Waals surface area contributed by atoms with Crippen molar-refractivity contribution in [1.29, 1.82) is 0 Å². The zero-order chi connectivity index (χ0) is 11.7. The molecule has 1 aliphatic heterocycles. The maximum absolute atomic E-state index is 3.57. The molecule has 3 unspecified atom stereocenters. The number of hydrogen-bond acceptors (Lipinski definition) is 2. The highest BCUT2D eigenvalue weighted by Crippen LogP contribution is 2.44. The Kier molecular flexibility index (Phi) is 3.17. The molecule has 0 radical (unpaired) electrons. The monoisotopic (exact) mass is 230 g/mol. The fourth-order valence-electron chi connectivity index (χ4n) is 3.00. The summed E-state index contributed by atoms with van der Waals surface area (Å²) in [5.41, 5.74) is 1.53. The fraction of sp³-hybridized carbons (Fsp3) is 0.600. The third kappa shape index (κ3) is 2.53. The molecule has 1 aromatic carbocycles. The van der Waals surface area contributed by atoms with E-state index in [4.69, 9.17) is 0 Å². The lowest BCUT2D eigenvalue weighted by atomic mass is 10.1. The van der Waals surface area contributed by atoms with Gasteiger partial charge in [-0.25, -0.2) is 0 Å². The Morgan fingerprint density at radius 3 is 2.82 bits per heavy atom. The molecule has 3 rings (SSSR count). The second-order valence-corrected chi connectivity index (χ2v) is 5.50. The normalized spacial score (nSPS) is 34.3. The fourth-order valence-corrected chi connectivity index (χ4v) is 3.00. The third-order valence-corrected chi connectivity index (χ3v) is 4.19. The van der Waals surface area contributed by atoms with Crippen LogP contribution in [-0.2, 0) is 0 Å². The van der Waals surface area contributed by atoms with Crippen molar-refractivity contribution in [2.24, 2.45) is 0 Å². The van der Waals surface area contributed by atoms with Gasteiger partial charge < -0.3 is 5.32 Å². The van der Waals surface area contributed by atoms with Crippen LogP contribution in [0, 0.1) is 0 Å². The van der Waals surface area contributed by atoms with Gasteiger partial charge in [0.25, 0.3) is 0 Å². The van der Waals surface area contributed by atoms with E-state index in [1.807, 2.05) is 0 Å². The minimum Gasteiger partial charge on any atom is -0.313 e. The van der Waals surface area contributed by atoms with E-state index >= 15 is 0 Å². The topological polar surface area (TPSA) is 15.3 Å². The van der Waals surface area contributed by atoms with E-state index in [-0.39, 0.29) is 0 Å². The predicted molar refractivity (Wildman–Crippen MR) is 71.2 cm³/mol. The Bertz CT molecular complexity index is 362. The van der Waals surface area contributed by atoms with Crippen LogP contribution in [0.15, 0.2) is 30.3 Å². The summed E-state index contributed by atoms with van der Waals surface area (Å²) in [5, 5.41) is 3.57. The summed E-state index contributed by atoms with van der Waals surface area (Å²) in [6.45, 7) is 5.94. The number of benzene rings is 1. The Labute approximate surface area is 104 Å². The Morgan fingerprint density at radius 1 is 1.18 bits per heavy atom. The second kappa shape index (κ2) is 4.79. The van der Waals surface area contributed by atoms with Gasteiger partial charge in [0, 0.05) is 31.1 Å². The summed E-state index contributed by atoms with van der Waals surface area (Å²) in [6.07, 6.45) is 2.65. The summed E-state index contributed by atoms with van der Waals surface area (Å²) in [6, 6.07) is 12.5. The van der Waals surface area contributed by atoms with Gasteiger partial charge in [0.1, 0.15) is 0 Å². The molecular formula is C15H22N2. The van der Waals surface area contributed by atoms with Gasteiger partial charge in [-0.05, 0) is 31.9 Å². The zero-order valence-corrected chi connectivity index (χ0v) is 10.6. The van der Waals surface area contributed by atoms with Crippen molar-refractivity contribution < 1.29 is 0 Å². The largest absolute Gasteiger partial charge is 0.313 e. The van der Waals surface area contributed by atoms with E-state index in [1.54, 1.807) is 0 Å². The van der Waals surface area contributed by atoms with Crippen LogP contribution in [0.3, 0.4) is 0 Å². The van der Waals surface area contributed by atoms with Crippen LogP contribution in [0.5, 0.6) is 0 Å². The minimum atomic E-state index is 0.689. The van der Waals surface area contributed by atoms with Gasteiger partial charge in [-0.1, -0.05) is 30.3 Å². The van der Waals surface area contributed by atoms with E-state index in [0.717, 1.165) is 18.5 Å². The lowest BCUT2D eigenvalue weighted by Crippen LogP contribution is -2.31. The molecule has 1 aliphatic carbocycles. The zero-order valence-electron chi connectivity index (χ0n) is 10.6. The van der Waals surface area contributed by atoms with Gasteiger partial charge in [0.15, 0.2) is 0 Å². The van der Waals surface area contributed by atoms with Crippen LogP contribution in [0.2, 0.25) is 0 Å². The first-order chi connectivity index (χ1) is 8.34. The van der Waals surface area contributed by atoms with Crippen LogP contribution in [0.25, 0.3) is 0 Å². The van der Waals surface area contributed by atoms with Crippen molar-refractivity contribution in [2.45, 2.75) is 37.8 Å². The summed E-state index contributed by atoms with van der Waals surface area (Å²) in [7, 11) is 0. The molecule has 2 fully saturated rings. The van der Waals surface area contributed by atoms with Crippen LogP contribution in [0.4, 0.5) is 0 Å². The van der Waals surface area contributed by atoms with Gasteiger partial charge in [-0.15, -0.1) is 0 Å². The number of nitrogens with one attached hydrogen (secondary N) is 1. The van der Waals surface area contributed by atoms with Crippen LogP contribution in [-0.4, -0.2) is 36.6 Å². The maximum atomic E-state index is 3.57. The van der Waals surface area contributed by atoms with Crippen molar-refractivity contribution in [2.75, 3.05) is 19.6 Å². The molecule has 3 atom stereocenters. The minimum absolute atomic E-state index is 0.689. The summed E-state index contributed by atoms with van der Waals surface area (Å²) < 4.78 is 0. The van der Waals surface area contributed by atoms with Gasteiger partial charge >= 0.3 is 0 Å². The Hall–Kier alpha value is -0.860. The Morgan fingerprint density at radius 2 is 2.00 bits per heavy atom. The molecule has 1 N–H and O–H groups in total. The van der Waals surface area contributed by atoms with E-state index in [2.05, 4.69) is 47.5 Å². The van der Waals surface area contributed by atoms with E-state index < -0.39 is 0 Å². The highest BCUT2D eigenvalue weighted by Gasteiger charge is 2.42. The molecule has 2 nitrogen and oxygen atoms in total. The first-order valence-corrected chi connectivity index (χ1v) is 6.87.